The molecule has 1 heterocycles. The quantitative estimate of drug-likeness (QED) is 0.744. The molecule has 0 spiro atoms. The largest absolute Gasteiger partial charge is 0.353 e. The summed E-state index contributed by atoms with van der Waals surface area (Å²) < 4.78 is 0. The van der Waals surface area contributed by atoms with Crippen molar-refractivity contribution >= 4 is 5.91 Å². The minimum absolute atomic E-state index is 0.00461. The molecule has 0 aromatic carbocycles. The molecule has 0 bridgehead atoms. The van der Waals surface area contributed by atoms with Crippen LogP contribution in [0.4, 0.5) is 0 Å². The van der Waals surface area contributed by atoms with Crippen LogP contribution in [0.2, 0.25) is 0 Å². The molecule has 1 aliphatic heterocycles. The molecule has 3 atom stereocenters. The Labute approximate surface area is 105 Å². The molecular weight excluding hydrogens is 214 g/mol. The zero-order valence-corrected chi connectivity index (χ0v) is 11.8. The number of amides is 1. The number of hydrogen-bond donors (Lipinski definition) is 2. The van der Waals surface area contributed by atoms with Crippen molar-refractivity contribution < 1.29 is 4.79 Å². The zero-order valence-electron chi connectivity index (χ0n) is 11.8. The Balaban J connectivity index is 2.41. The molecule has 0 saturated carbocycles. The summed E-state index contributed by atoms with van der Waals surface area (Å²) in [5.41, 5.74) is 0. The Morgan fingerprint density at radius 2 is 2.12 bits per heavy atom. The third kappa shape index (κ3) is 3.96. The molecule has 17 heavy (non-hydrogen) atoms. The lowest BCUT2D eigenvalue weighted by molar-refractivity contribution is -0.123. The van der Waals surface area contributed by atoms with Crippen LogP contribution in [-0.2, 0) is 4.79 Å². The fourth-order valence-electron chi connectivity index (χ4n) is 2.52. The monoisotopic (exact) mass is 241 g/mol. The minimum atomic E-state index is 0.00461. The van der Waals surface area contributed by atoms with Crippen LogP contribution in [0.1, 0.15) is 27.2 Å². The average Bonchev–Trinajstić information content (AvgIpc) is 2.63. The van der Waals surface area contributed by atoms with Gasteiger partial charge in [0, 0.05) is 12.6 Å². The summed E-state index contributed by atoms with van der Waals surface area (Å²) in [6.45, 7) is 8.20. The van der Waals surface area contributed by atoms with Crippen molar-refractivity contribution in [2.75, 3.05) is 27.2 Å². The standard InChI is InChI=1S/C13H27N3O/c1-9(2)11(16(4)5)8-15-13(17)12-10(3)6-7-14-12/h9-12,14H,6-8H2,1-5H3,(H,15,17). The molecule has 3 unspecified atom stereocenters. The van der Waals surface area contributed by atoms with E-state index in [-0.39, 0.29) is 11.9 Å². The molecule has 0 aromatic heterocycles. The molecule has 4 nitrogen and oxygen atoms in total. The van der Waals surface area contributed by atoms with Crippen molar-refractivity contribution in [3.05, 3.63) is 0 Å². The van der Waals surface area contributed by atoms with Gasteiger partial charge in [0.15, 0.2) is 0 Å². The van der Waals surface area contributed by atoms with E-state index in [9.17, 15) is 4.79 Å². The first kappa shape index (κ1) is 14.5. The average molecular weight is 241 g/mol. The summed E-state index contributed by atoms with van der Waals surface area (Å²) in [5.74, 6) is 1.15. The second kappa shape index (κ2) is 6.36. The molecule has 0 aromatic rings. The third-order valence-electron chi connectivity index (χ3n) is 3.73. The van der Waals surface area contributed by atoms with Crippen LogP contribution in [0.25, 0.3) is 0 Å². The minimum Gasteiger partial charge on any atom is -0.353 e. The number of nitrogens with one attached hydrogen (secondary N) is 2. The topological polar surface area (TPSA) is 44.4 Å². The fraction of sp³-hybridized carbons (Fsp3) is 0.923. The number of carbonyl (C=O) groups is 1. The molecular formula is C13H27N3O. The Morgan fingerprint density at radius 1 is 1.47 bits per heavy atom. The van der Waals surface area contributed by atoms with E-state index in [4.69, 9.17) is 0 Å². The van der Waals surface area contributed by atoms with E-state index in [0.29, 0.717) is 17.9 Å². The van der Waals surface area contributed by atoms with E-state index < -0.39 is 0 Å². The molecule has 100 valence electrons. The van der Waals surface area contributed by atoms with Gasteiger partial charge in [-0.15, -0.1) is 0 Å². The summed E-state index contributed by atoms with van der Waals surface area (Å²) in [7, 11) is 4.13. The first-order valence-electron chi connectivity index (χ1n) is 6.61. The first-order valence-corrected chi connectivity index (χ1v) is 6.61. The lowest BCUT2D eigenvalue weighted by Gasteiger charge is -2.28. The summed E-state index contributed by atoms with van der Waals surface area (Å²) in [6.07, 6.45) is 1.10. The van der Waals surface area contributed by atoms with Crippen molar-refractivity contribution in [3.8, 4) is 0 Å². The van der Waals surface area contributed by atoms with E-state index in [0.717, 1.165) is 19.5 Å². The second-order valence-electron chi connectivity index (χ2n) is 5.72. The Bertz CT molecular complexity index is 245. The zero-order chi connectivity index (χ0) is 13.0. The number of nitrogens with zero attached hydrogens (tertiary/aromatic N) is 1. The summed E-state index contributed by atoms with van der Waals surface area (Å²) >= 11 is 0. The maximum Gasteiger partial charge on any atom is 0.237 e. The third-order valence-corrected chi connectivity index (χ3v) is 3.73. The number of hydrogen-bond acceptors (Lipinski definition) is 3. The van der Waals surface area contributed by atoms with Gasteiger partial charge in [-0.25, -0.2) is 0 Å². The Morgan fingerprint density at radius 3 is 2.53 bits per heavy atom. The Hall–Kier alpha value is -0.610. The molecule has 1 saturated heterocycles. The molecule has 4 heteroatoms. The highest BCUT2D eigenvalue weighted by molar-refractivity contribution is 5.82. The van der Waals surface area contributed by atoms with Crippen LogP contribution in [0, 0.1) is 11.8 Å². The van der Waals surface area contributed by atoms with Crippen molar-refractivity contribution in [2.24, 2.45) is 11.8 Å². The molecule has 2 N–H and O–H groups in total. The van der Waals surface area contributed by atoms with Crippen LogP contribution in [0.3, 0.4) is 0 Å². The molecule has 1 rings (SSSR count). The van der Waals surface area contributed by atoms with E-state index >= 15 is 0 Å². The van der Waals surface area contributed by atoms with Gasteiger partial charge < -0.3 is 15.5 Å². The molecule has 1 fully saturated rings. The number of carbonyl (C=O) groups excluding carboxylic acids is 1. The van der Waals surface area contributed by atoms with Crippen LogP contribution in [-0.4, -0.2) is 50.1 Å². The number of likely N-dealkylation sites (N-methyl/N-ethyl adjacent to an activating group) is 1. The highest BCUT2D eigenvalue weighted by atomic mass is 16.2. The highest BCUT2D eigenvalue weighted by Gasteiger charge is 2.29. The van der Waals surface area contributed by atoms with Gasteiger partial charge in [-0.1, -0.05) is 20.8 Å². The fourth-order valence-corrected chi connectivity index (χ4v) is 2.52. The molecule has 1 aliphatic rings. The van der Waals surface area contributed by atoms with Gasteiger partial charge in [0.2, 0.25) is 5.91 Å². The van der Waals surface area contributed by atoms with E-state index in [1.54, 1.807) is 0 Å². The first-order chi connectivity index (χ1) is 7.93. The van der Waals surface area contributed by atoms with Crippen LogP contribution >= 0.6 is 0 Å². The van der Waals surface area contributed by atoms with Crippen molar-refractivity contribution in [3.63, 3.8) is 0 Å². The Kier molecular flexibility index (Phi) is 5.40. The predicted molar refractivity (Wildman–Crippen MR) is 70.9 cm³/mol. The molecule has 0 radical (unpaired) electrons. The van der Waals surface area contributed by atoms with E-state index in [1.165, 1.54) is 0 Å². The van der Waals surface area contributed by atoms with Crippen LogP contribution in [0.5, 0.6) is 0 Å². The van der Waals surface area contributed by atoms with Crippen molar-refractivity contribution in [1.29, 1.82) is 0 Å². The predicted octanol–water partition coefficient (Wildman–Crippen LogP) is 0.687. The molecule has 1 amide bonds. The normalized spacial score (nSPS) is 26.5. The van der Waals surface area contributed by atoms with E-state index in [2.05, 4.69) is 50.4 Å². The summed E-state index contributed by atoms with van der Waals surface area (Å²) in [6, 6.07) is 0.403. The van der Waals surface area contributed by atoms with E-state index in [1.807, 2.05) is 0 Å². The highest BCUT2D eigenvalue weighted by Crippen LogP contribution is 2.14. The maximum absolute atomic E-state index is 12.0. The summed E-state index contributed by atoms with van der Waals surface area (Å²) in [5, 5.41) is 6.34. The number of rotatable bonds is 5. The van der Waals surface area contributed by atoms with Gasteiger partial charge >= 0.3 is 0 Å². The summed E-state index contributed by atoms with van der Waals surface area (Å²) in [4.78, 5) is 14.2. The smallest absolute Gasteiger partial charge is 0.237 e. The van der Waals surface area contributed by atoms with Crippen molar-refractivity contribution in [2.45, 2.75) is 39.3 Å². The van der Waals surface area contributed by atoms with Gasteiger partial charge in [-0.3, -0.25) is 4.79 Å². The van der Waals surface area contributed by atoms with Gasteiger partial charge in [-0.2, -0.15) is 0 Å². The van der Waals surface area contributed by atoms with Gasteiger partial charge in [0.25, 0.3) is 0 Å². The van der Waals surface area contributed by atoms with Gasteiger partial charge in [0.05, 0.1) is 6.04 Å². The molecule has 0 aliphatic carbocycles. The van der Waals surface area contributed by atoms with Gasteiger partial charge in [0.1, 0.15) is 0 Å². The van der Waals surface area contributed by atoms with Gasteiger partial charge in [-0.05, 0) is 38.9 Å². The SMILES string of the molecule is CC(C)C(CNC(=O)C1NCCC1C)N(C)C. The van der Waals surface area contributed by atoms with Crippen LogP contribution in [0.15, 0.2) is 0 Å². The second-order valence-corrected chi connectivity index (χ2v) is 5.72. The van der Waals surface area contributed by atoms with Crippen LogP contribution < -0.4 is 10.6 Å². The maximum atomic E-state index is 12.0. The van der Waals surface area contributed by atoms with Crippen molar-refractivity contribution in [1.82, 2.24) is 15.5 Å². The lowest BCUT2D eigenvalue weighted by Crippen LogP contribution is -2.49. The lowest BCUT2D eigenvalue weighted by atomic mass is 10.0.